The predicted molar refractivity (Wildman–Crippen MR) is 149 cm³/mol. The van der Waals surface area contributed by atoms with E-state index in [2.05, 4.69) is 134 Å². The van der Waals surface area contributed by atoms with Crippen LogP contribution in [0.2, 0.25) is 0 Å². The molecule has 2 aliphatic rings. The standard InChI is InChI=1S/C29H33BrN6/c1-22-9-6-10-23(2)27(22)36-29(31-32-33-36)28(25-14-7-15-26(30)21-25)35-19-17-34(18-20-35)16-8-13-24-11-4-3-5-12-24/h3-15,25,28H,16-21H2,1-2H3/b13-8+/t25?,28-/m0/s1. The van der Waals surface area contributed by atoms with E-state index in [1.54, 1.807) is 0 Å². The third-order valence-electron chi connectivity index (χ3n) is 7.15. The van der Waals surface area contributed by atoms with E-state index in [1.165, 1.54) is 21.2 Å². The van der Waals surface area contributed by atoms with Crippen molar-refractivity contribution >= 4 is 22.0 Å². The zero-order valence-corrected chi connectivity index (χ0v) is 22.6. The topological polar surface area (TPSA) is 50.1 Å². The molecule has 1 fully saturated rings. The quantitative estimate of drug-likeness (QED) is 0.392. The summed E-state index contributed by atoms with van der Waals surface area (Å²) in [6, 6.07) is 16.9. The van der Waals surface area contributed by atoms with Gasteiger partial charge in [-0.1, -0.05) is 94.8 Å². The molecular formula is C29H33BrN6. The molecule has 2 aromatic carbocycles. The highest BCUT2D eigenvalue weighted by atomic mass is 79.9. The molecule has 0 bridgehead atoms. The second-order valence-electron chi connectivity index (χ2n) is 9.65. The summed E-state index contributed by atoms with van der Waals surface area (Å²) in [4.78, 5) is 5.10. The van der Waals surface area contributed by atoms with Gasteiger partial charge in [-0.2, -0.15) is 4.68 Å². The average Bonchev–Trinajstić information content (AvgIpc) is 3.34. The molecule has 3 aromatic rings. The Labute approximate surface area is 222 Å². The van der Waals surface area contributed by atoms with Crippen molar-refractivity contribution in [2.45, 2.75) is 26.3 Å². The number of aromatic nitrogens is 4. The first-order valence-electron chi connectivity index (χ1n) is 12.7. The van der Waals surface area contributed by atoms with Crippen molar-refractivity contribution in [3.63, 3.8) is 0 Å². The van der Waals surface area contributed by atoms with E-state index >= 15 is 0 Å². The van der Waals surface area contributed by atoms with Crippen molar-refractivity contribution in [1.82, 2.24) is 30.0 Å². The van der Waals surface area contributed by atoms with Crippen molar-refractivity contribution in [2.75, 3.05) is 32.7 Å². The minimum Gasteiger partial charge on any atom is -0.297 e. The normalized spacial score (nSPS) is 20.1. The number of para-hydroxylation sites is 1. The first kappa shape index (κ1) is 24.8. The fourth-order valence-corrected chi connectivity index (χ4v) is 5.84. The van der Waals surface area contributed by atoms with Crippen LogP contribution in [0.4, 0.5) is 0 Å². The number of halogens is 1. The molecule has 0 amide bonds. The number of rotatable bonds is 7. The number of hydrogen-bond acceptors (Lipinski definition) is 5. The van der Waals surface area contributed by atoms with E-state index in [0.29, 0.717) is 5.92 Å². The molecule has 2 heterocycles. The fourth-order valence-electron chi connectivity index (χ4n) is 5.31. The highest BCUT2D eigenvalue weighted by Crippen LogP contribution is 2.37. The molecule has 5 rings (SSSR count). The monoisotopic (exact) mass is 544 g/mol. The summed E-state index contributed by atoms with van der Waals surface area (Å²) in [6.07, 6.45) is 12.0. The molecule has 36 heavy (non-hydrogen) atoms. The van der Waals surface area contributed by atoms with Gasteiger partial charge in [0.2, 0.25) is 0 Å². The largest absolute Gasteiger partial charge is 0.297 e. The molecule has 1 aliphatic carbocycles. The van der Waals surface area contributed by atoms with Gasteiger partial charge in [0.15, 0.2) is 5.82 Å². The number of piperazine rings is 1. The van der Waals surface area contributed by atoms with E-state index in [9.17, 15) is 0 Å². The highest BCUT2D eigenvalue weighted by molar-refractivity contribution is 9.11. The number of nitrogens with zero attached hydrogens (tertiary/aromatic N) is 6. The molecule has 2 atom stereocenters. The molecule has 1 saturated heterocycles. The van der Waals surface area contributed by atoms with Crippen LogP contribution in [0, 0.1) is 19.8 Å². The van der Waals surface area contributed by atoms with Crippen LogP contribution < -0.4 is 0 Å². The maximum atomic E-state index is 4.62. The Morgan fingerprint density at radius 3 is 2.47 bits per heavy atom. The van der Waals surface area contributed by atoms with Crippen molar-refractivity contribution in [1.29, 1.82) is 0 Å². The summed E-state index contributed by atoms with van der Waals surface area (Å²) in [5, 5.41) is 13.3. The Hall–Kier alpha value is -2.87. The molecule has 6 nitrogen and oxygen atoms in total. The highest BCUT2D eigenvalue weighted by Gasteiger charge is 2.35. The molecular weight excluding hydrogens is 512 g/mol. The summed E-state index contributed by atoms with van der Waals surface area (Å²) in [6.45, 7) is 9.23. The van der Waals surface area contributed by atoms with E-state index in [0.717, 1.165) is 50.7 Å². The van der Waals surface area contributed by atoms with Crippen LogP contribution in [-0.4, -0.2) is 62.7 Å². The lowest BCUT2D eigenvalue weighted by atomic mass is 9.90. The van der Waals surface area contributed by atoms with Gasteiger partial charge in [-0.15, -0.1) is 5.10 Å². The zero-order valence-electron chi connectivity index (χ0n) is 21.0. The molecule has 0 spiro atoms. The number of aryl methyl sites for hydroxylation is 2. The Kier molecular flexibility index (Phi) is 7.90. The third-order valence-corrected chi connectivity index (χ3v) is 7.74. The van der Waals surface area contributed by atoms with Gasteiger partial charge >= 0.3 is 0 Å². The van der Waals surface area contributed by atoms with Gasteiger partial charge in [0.25, 0.3) is 0 Å². The smallest absolute Gasteiger partial charge is 0.174 e. The molecule has 1 unspecified atom stereocenters. The van der Waals surface area contributed by atoms with Crippen LogP contribution in [0.15, 0.2) is 77.3 Å². The molecule has 0 N–H and O–H groups in total. The molecule has 0 radical (unpaired) electrons. The van der Waals surface area contributed by atoms with Crippen molar-refractivity contribution in [3.8, 4) is 5.69 Å². The SMILES string of the molecule is Cc1cccc(C)c1-n1nnnc1[C@H](C1C=CC=C(Br)C1)N1CCN(C/C=C/c2ccccc2)CC1. The van der Waals surface area contributed by atoms with Gasteiger partial charge in [-0.05, 0) is 51.9 Å². The van der Waals surface area contributed by atoms with E-state index in [1.807, 2.05) is 4.68 Å². The average molecular weight is 546 g/mol. The molecule has 1 aromatic heterocycles. The number of tetrazole rings is 1. The number of hydrogen-bond donors (Lipinski definition) is 0. The first-order valence-corrected chi connectivity index (χ1v) is 13.4. The fraction of sp³-hybridized carbons (Fsp3) is 0.345. The lowest BCUT2D eigenvalue weighted by Crippen LogP contribution is -2.49. The van der Waals surface area contributed by atoms with Crippen LogP contribution in [-0.2, 0) is 0 Å². The Morgan fingerprint density at radius 1 is 1.00 bits per heavy atom. The van der Waals surface area contributed by atoms with Crippen LogP contribution in [0.5, 0.6) is 0 Å². The number of allylic oxidation sites excluding steroid dienone is 3. The third kappa shape index (κ3) is 5.59. The summed E-state index contributed by atoms with van der Waals surface area (Å²) < 4.78 is 3.19. The Bertz CT molecular complexity index is 1230. The van der Waals surface area contributed by atoms with Gasteiger partial charge in [0.05, 0.1) is 11.7 Å². The van der Waals surface area contributed by atoms with Crippen molar-refractivity contribution < 1.29 is 0 Å². The summed E-state index contributed by atoms with van der Waals surface area (Å²) in [5.41, 5.74) is 4.69. The predicted octanol–water partition coefficient (Wildman–Crippen LogP) is 5.51. The summed E-state index contributed by atoms with van der Waals surface area (Å²) in [7, 11) is 0. The van der Waals surface area contributed by atoms with Crippen LogP contribution in [0.25, 0.3) is 11.8 Å². The van der Waals surface area contributed by atoms with Crippen LogP contribution in [0.3, 0.4) is 0 Å². The first-order chi connectivity index (χ1) is 17.6. The van der Waals surface area contributed by atoms with E-state index in [-0.39, 0.29) is 6.04 Å². The van der Waals surface area contributed by atoms with Gasteiger partial charge in [0, 0.05) is 38.6 Å². The minimum atomic E-state index is 0.0958. The summed E-state index contributed by atoms with van der Waals surface area (Å²) in [5.74, 6) is 1.21. The van der Waals surface area contributed by atoms with Gasteiger partial charge < -0.3 is 0 Å². The molecule has 1 aliphatic heterocycles. The Morgan fingerprint density at radius 2 is 1.75 bits per heavy atom. The summed E-state index contributed by atoms with van der Waals surface area (Å²) >= 11 is 3.75. The molecule has 0 saturated carbocycles. The van der Waals surface area contributed by atoms with E-state index < -0.39 is 0 Å². The Balaban J connectivity index is 1.36. The lowest BCUT2D eigenvalue weighted by molar-refractivity contribution is 0.0784. The van der Waals surface area contributed by atoms with Gasteiger partial charge in [-0.3, -0.25) is 9.80 Å². The second kappa shape index (κ2) is 11.5. The van der Waals surface area contributed by atoms with Crippen LogP contribution in [0.1, 0.15) is 35.0 Å². The lowest BCUT2D eigenvalue weighted by Gasteiger charge is -2.41. The van der Waals surface area contributed by atoms with E-state index in [4.69, 9.17) is 0 Å². The van der Waals surface area contributed by atoms with Crippen LogP contribution >= 0.6 is 15.9 Å². The minimum absolute atomic E-state index is 0.0958. The maximum absolute atomic E-state index is 4.62. The van der Waals surface area contributed by atoms with Gasteiger partial charge in [-0.25, -0.2) is 0 Å². The second-order valence-corrected chi connectivity index (χ2v) is 10.7. The van der Waals surface area contributed by atoms with Crippen molar-refractivity contribution in [2.24, 2.45) is 5.92 Å². The molecule has 186 valence electrons. The molecule has 7 heteroatoms. The van der Waals surface area contributed by atoms with Gasteiger partial charge in [0.1, 0.15) is 0 Å². The maximum Gasteiger partial charge on any atom is 0.174 e. The number of benzene rings is 2. The zero-order chi connectivity index (χ0) is 24.9. The van der Waals surface area contributed by atoms with Crippen molar-refractivity contribution in [3.05, 3.63) is 99.8 Å².